The Kier molecular flexibility index (Phi) is 8.67. The third-order valence-electron chi connectivity index (χ3n) is 2.90. The molecule has 11 nitrogen and oxygen atoms in total. The van der Waals surface area contributed by atoms with E-state index in [9.17, 15) is 14.5 Å². The molecule has 0 saturated carbocycles. The van der Waals surface area contributed by atoms with Crippen LogP contribution in [-0.2, 0) is 23.8 Å². The van der Waals surface area contributed by atoms with Crippen molar-refractivity contribution >= 4 is 20.3 Å². The first-order valence-corrected chi connectivity index (χ1v) is 9.72. The molecule has 0 aromatic heterocycles. The van der Waals surface area contributed by atoms with Crippen molar-refractivity contribution in [2.24, 2.45) is 5.50 Å². The Labute approximate surface area is 140 Å². The van der Waals surface area contributed by atoms with Gasteiger partial charge in [-0.1, -0.05) is 0 Å². The molecule has 1 aliphatic rings. The summed E-state index contributed by atoms with van der Waals surface area (Å²) in [6.07, 6.45) is 3.80. The predicted molar refractivity (Wildman–Crippen MR) is 85.7 cm³/mol. The van der Waals surface area contributed by atoms with Gasteiger partial charge < -0.3 is 0 Å². The molecule has 1 saturated heterocycles. The van der Waals surface area contributed by atoms with Gasteiger partial charge in [0.05, 0.1) is 0 Å². The van der Waals surface area contributed by atoms with Gasteiger partial charge in [0.25, 0.3) is 0 Å². The summed E-state index contributed by atoms with van der Waals surface area (Å²) in [5.41, 5.74) is 5.40. The monoisotopic (exact) mass is 368 g/mol. The van der Waals surface area contributed by atoms with Crippen LogP contribution in [0, 0.1) is 0 Å². The molecule has 4 N–H and O–H groups in total. The molecule has 0 aromatic carbocycles. The molecule has 1 heterocycles. The number of carbonyl (C=O) groups excluding carboxylic acids is 2. The number of hydrogen-bond donors (Lipinski definition) is 3. The van der Waals surface area contributed by atoms with E-state index in [1.54, 1.807) is 13.0 Å². The number of hydrogen-bond acceptors (Lipinski definition) is 9. The normalized spacial score (nSPS) is 22.1. The first-order valence-electron chi connectivity index (χ1n) is 7.29. The van der Waals surface area contributed by atoms with E-state index < -0.39 is 20.1 Å². The van der Waals surface area contributed by atoms with Gasteiger partial charge in [-0.15, -0.1) is 0 Å². The Bertz CT molecular complexity index is 446. The molecule has 2 atom stereocenters. The SMILES string of the molecule is C/C=C\N(C(=O)NC=O)C1CCC(CON(OC)O[PH](C)(N)O)O1. The van der Waals surface area contributed by atoms with E-state index in [-0.39, 0.29) is 12.7 Å². The van der Waals surface area contributed by atoms with E-state index in [1.165, 1.54) is 24.9 Å². The van der Waals surface area contributed by atoms with Crippen molar-refractivity contribution in [2.75, 3.05) is 20.4 Å². The summed E-state index contributed by atoms with van der Waals surface area (Å²) in [4.78, 5) is 43.0. The van der Waals surface area contributed by atoms with E-state index in [4.69, 9.17) is 24.5 Å². The minimum atomic E-state index is -3.35. The van der Waals surface area contributed by atoms with Crippen molar-refractivity contribution in [3.63, 3.8) is 0 Å². The average molecular weight is 368 g/mol. The summed E-state index contributed by atoms with van der Waals surface area (Å²) in [7, 11) is -2.06. The molecule has 0 aliphatic carbocycles. The van der Waals surface area contributed by atoms with Crippen LogP contribution < -0.4 is 10.8 Å². The minimum absolute atomic E-state index is 0.0633. The second-order valence-electron chi connectivity index (χ2n) is 5.09. The van der Waals surface area contributed by atoms with Gasteiger partial charge in [-0.25, -0.2) is 0 Å². The Morgan fingerprint density at radius 1 is 1.54 bits per heavy atom. The van der Waals surface area contributed by atoms with Gasteiger partial charge in [0.15, 0.2) is 0 Å². The maximum atomic E-state index is 11.8. The van der Waals surface area contributed by atoms with Crippen LogP contribution in [0.15, 0.2) is 12.3 Å². The van der Waals surface area contributed by atoms with Crippen LogP contribution >= 0.6 is 7.87 Å². The molecule has 0 radical (unpaired) electrons. The topological polar surface area (TPSA) is 136 Å². The standard InChI is InChI=1S/C12H25N4O7P/c1-4-7-15(12(18)14-9-17)11-6-5-10(22-11)8-21-16(20-2)23-24(3,13)19/h4,7,9-11,19,24H,5-6,8,13H2,1-3H3,(H,14,17,18)/b7-4-. The number of imide groups is 1. The van der Waals surface area contributed by atoms with Crippen molar-refractivity contribution in [1.29, 1.82) is 0 Å². The van der Waals surface area contributed by atoms with E-state index in [2.05, 4.69) is 5.32 Å². The van der Waals surface area contributed by atoms with Crippen molar-refractivity contribution in [3.8, 4) is 0 Å². The molecule has 24 heavy (non-hydrogen) atoms. The molecular formula is C12H25N4O7P. The zero-order chi connectivity index (χ0) is 18.2. The summed E-state index contributed by atoms with van der Waals surface area (Å²) in [6.45, 7) is 3.14. The fourth-order valence-electron chi connectivity index (χ4n) is 2.01. The number of rotatable bonds is 9. The molecule has 1 aliphatic heterocycles. The number of nitrogens with one attached hydrogen (secondary N) is 1. The Morgan fingerprint density at radius 3 is 2.79 bits per heavy atom. The summed E-state index contributed by atoms with van der Waals surface area (Å²) in [5.74, 6) is 0. The molecule has 140 valence electrons. The first kappa shape index (κ1) is 20.9. The van der Waals surface area contributed by atoms with E-state index in [1.807, 2.05) is 0 Å². The van der Waals surface area contributed by atoms with Gasteiger partial charge in [-0.05, 0) is 0 Å². The third kappa shape index (κ3) is 7.16. The van der Waals surface area contributed by atoms with E-state index >= 15 is 0 Å². The van der Waals surface area contributed by atoms with Crippen molar-refractivity contribution in [1.82, 2.24) is 15.6 Å². The number of amides is 3. The van der Waals surface area contributed by atoms with E-state index in [0.29, 0.717) is 24.6 Å². The molecular weight excluding hydrogens is 343 g/mol. The average Bonchev–Trinajstić information content (AvgIpc) is 2.96. The fraction of sp³-hybridized carbons (Fsp3) is 0.667. The van der Waals surface area contributed by atoms with Gasteiger partial charge in [-0.3, -0.25) is 0 Å². The van der Waals surface area contributed by atoms with Crippen LogP contribution in [0.3, 0.4) is 0 Å². The van der Waals surface area contributed by atoms with Crippen molar-refractivity contribution < 1.29 is 33.5 Å². The fourth-order valence-corrected chi connectivity index (χ4v) is 2.43. The van der Waals surface area contributed by atoms with Gasteiger partial charge in [0.2, 0.25) is 0 Å². The second-order valence-corrected chi connectivity index (χ2v) is 7.39. The van der Waals surface area contributed by atoms with Crippen LogP contribution in [0.25, 0.3) is 0 Å². The van der Waals surface area contributed by atoms with Gasteiger partial charge in [0, 0.05) is 0 Å². The third-order valence-corrected chi connectivity index (χ3v) is 3.41. The summed E-state index contributed by atoms with van der Waals surface area (Å²) in [6, 6.07) is -0.582. The predicted octanol–water partition coefficient (Wildman–Crippen LogP) is -0.00460. The zero-order valence-electron chi connectivity index (χ0n) is 13.9. The molecule has 0 spiro atoms. The van der Waals surface area contributed by atoms with Crippen LogP contribution in [0.4, 0.5) is 4.79 Å². The van der Waals surface area contributed by atoms with Gasteiger partial charge in [0.1, 0.15) is 0 Å². The summed E-state index contributed by atoms with van der Waals surface area (Å²) >= 11 is 0. The Balaban J connectivity index is 2.51. The second kappa shape index (κ2) is 9.97. The van der Waals surface area contributed by atoms with Crippen molar-refractivity contribution in [3.05, 3.63) is 12.3 Å². The number of carbonyl (C=O) groups is 2. The van der Waals surface area contributed by atoms with Crippen LogP contribution in [0.1, 0.15) is 19.8 Å². The summed E-state index contributed by atoms with van der Waals surface area (Å²) < 4.78 is 10.6. The quantitative estimate of drug-likeness (QED) is 0.292. The van der Waals surface area contributed by atoms with Crippen LogP contribution in [-0.4, -0.2) is 60.3 Å². The van der Waals surface area contributed by atoms with E-state index in [0.717, 1.165) is 0 Å². The Hall–Kier alpha value is -1.17. The molecule has 0 aromatic rings. The molecule has 1 fully saturated rings. The number of nitrogens with zero attached hydrogens (tertiary/aromatic N) is 2. The molecule has 2 unspecified atom stereocenters. The number of allylic oxidation sites excluding steroid dienone is 1. The number of nitrogens with two attached hydrogens (primary N) is 1. The molecule has 3 amide bonds. The first-order chi connectivity index (χ1) is 11.3. The van der Waals surface area contributed by atoms with Crippen LogP contribution in [0.2, 0.25) is 0 Å². The molecule has 0 bridgehead atoms. The van der Waals surface area contributed by atoms with Crippen LogP contribution in [0.5, 0.6) is 0 Å². The molecule has 1 rings (SSSR count). The summed E-state index contributed by atoms with van der Waals surface area (Å²) in [5, 5.41) is 2.70. The van der Waals surface area contributed by atoms with Gasteiger partial charge in [-0.2, -0.15) is 0 Å². The van der Waals surface area contributed by atoms with Crippen molar-refractivity contribution in [2.45, 2.75) is 32.1 Å². The zero-order valence-corrected chi connectivity index (χ0v) is 14.9. The number of urea groups is 1. The van der Waals surface area contributed by atoms with Gasteiger partial charge >= 0.3 is 140 Å². The Morgan fingerprint density at radius 2 is 2.25 bits per heavy atom. The maximum absolute atomic E-state index is 11.8. The molecule has 12 heteroatoms. The number of ether oxygens (including phenoxy) is 1.